The number of nitrogens with zero attached hydrogens (tertiary/aromatic N) is 2. The summed E-state index contributed by atoms with van der Waals surface area (Å²) in [5.74, 6) is -0.465. The number of amides is 2. The quantitative estimate of drug-likeness (QED) is 0.664. The van der Waals surface area contributed by atoms with Crippen molar-refractivity contribution >= 4 is 33.2 Å². The minimum Gasteiger partial charge on any atom is -0.371 e. The van der Waals surface area contributed by atoms with E-state index in [9.17, 15) is 18.0 Å². The lowest BCUT2D eigenvalue weighted by Gasteiger charge is -2.30. The molecule has 1 saturated heterocycles. The van der Waals surface area contributed by atoms with Crippen molar-refractivity contribution in [3.05, 3.63) is 53.6 Å². The van der Waals surface area contributed by atoms with E-state index in [2.05, 4.69) is 15.5 Å². The molecule has 8 nitrogen and oxygen atoms in total. The molecule has 1 aliphatic heterocycles. The van der Waals surface area contributed by atoms with Crippen molar-refractivity contribution in [2.45, 2.75) is 30.6 Å². The first-order valence-electron chi connectivity index (χ1n) is 10.6. The van der Waals surface area contributed by atoms with E-state index in [0.29, 0.717) is 11.3 Å². The Balaban J connectivity index is 1.90. The number of piperidine rings is 1. The van der Waals surface area contributed by atoms with E-state index in [0.717, 1.165) is 47.9 Å². The van der Waals surface area contributed by atoms with Crippen molar-refractivity contribution in [2.24, 2.45) is 0 Å². The van der Waals surface area contributed by atoms with E-state index in [1.165, 1.54) is 20.2 Å². The van der Waals surface area contributed by atoms with E-state index in [4.69, 9.17) is 0 Å². The van der Waals surface area contributed by atoms with Crippen LogP contribution in [0.2, 0.25) is 0 Å². The van der Waals surface area contributed by atoms with Crippen LogP contribution in [0.25, 0.3) is 0 Å². The Morgan fingerprint density at radius 1 is 1.00 bits per heavy atom. The zero-order valence-corrected chi connectivity index (χ0v) is 19.5. The Labute approximate surface area is 189 Å². The van der Waals surface area contributed by atoms with Crippen LogP contribution in [0.5, 0.6) is 0 Å². The minimum atomic E-state index is -3.68. The maximum Gasteiger partial charge on any atom is 0.257 e. The molecule has 0 aliphatic carbocycles. The van der Waals surface area contributed by atoms with Crippen LogP contribution in [0.15, 0.2) is 47.4 Å². The number of sulfonamides is 1. The molecule has 0 aromatic heterocycles. The summed E-state index contributed by atoms with van der Waals surface area (Å²) in [4.78, 5) is 27.0. The van der Waals surface area contributed by atoms with Crippen molar-refractivity contribution in [1.29, 1.82) is 0 Å². The number of hydrogen-bond acceptors (Lipinski definition) is 5. The third-order valence-electron chi connectivity index (χ3n) is 5.54. The molecule has 0 radical (unpaired) electrons. The average Bonchev–Trinajstić information content (AvgIpc) is 2.80. The molecule has 3 rings (SSSR count). The summed E-state index contributed by atoms with van der Waals surface area (Å²) >= 11 is 0. The Bertz CT molecular complexity index is 1080. The second kappa shape index (κ2) is 10.1. The molecule has 2 N–H and O–H groups in total. The van der Waals surface area contributed by atoms with Gasteiger partial charge in [0.25, 0.3) is 5.91 Å². The Kier molecular flexibility index (Phi) is 7.52. The summed E-state index contributed by atoms with van der Waals surface area (Å²) in [6.07, 6.45) is 3.47. The van der Waals surface area contributed by atoms with Gasteiger partial charge in [0.15, 0.2) is 0 Å². The third kappa shape index (κ3) is 5.46. The van der Waals surface area contributed by atoms with Crippen LogP contribution in [0.3, 0.4) is 0 Å². The van der Waals surface area contributed by atoms with E-state index in [1.54, 1.807) is 43.4 Å². The second-order valence-electron chi connectivity index (χ2n) is 8.02. The van der Waals surface area contributed by atoms with Crippen molar-refractivity contribution in [3.8, 4) is 0 Å². The number of hydrogen-bond donors (Lipinski definition) is 2. The number of benzene rings is 2. The predicted octanol–water partition coefficient (Wildman–Crippen LogP) is 2.47. The van der Waals surface area contributed by atoms with Crippen molar-refractivity contribution < 1.29 is 18.0 Å². The molecule has 0 spiro atoms. The van der Waals surface area contributed by atoms with Gasteiger partial charge in [-0.3, -0.25) is 9.59 Å². The molecule has 0 atom stereocenters. The first-order valence-corrected chi connectivity index (χ1v) is 12.1. The fraction of sp³-hybridized carbons (Fsp3) is 0.391. The fourth-order valence-corrected chi connectivity index (χ4v) is 4.59. The summed E-state index contributed by atoms with van der Waals surface area (Å²) in [6.45, 7) is 1.66. The monoisotopic (exact) mass is 458 g/mol. The highest BCUT2D eigenvalue weighted by atomic mass is 32.2. The van der Waals surface area contributed by atoms with Crippen LogP contribution < -0.4 is 15.5 Å². The van der Waals surface area contributed by atoms with Crippen molar-refractivity contribution in [2.75, 3.05) is 44.4 Å². The highest BCUT2D eigenvalue weighted by Crippen LogP contribution is 2.28. The summed E-state index contributed by atoms with van der Waals surface area (Å²) in [6, 6.07) is 11.8. The average molecular weight is 459 g/mol. The van der Waals surface area contributed by atoms with Crippen molar-refractivity contribution in [1.82, 2.24) is 9.62 Å². The number of anilines is 2. The molecule has 1 heterocycles. The fourth-order valence-electron chi connectivity index (χ4n) is 3.66. The van der Waals surface area contributed by atoms with Gasteiger partial charge in [0.2, 0.25) is 15.9 Å². The molecule has 0 saturated carbocycles. The highest BCUT2D eigenvalue weighted by Gasteiger charge is 2.24. The number of carbonyl (C=O) groups excluding carboxylic acids is 2. The summed E-state index contributed by atoms with van der Waals surface area (Å²) in [5.41, 5.74) is 2.46. The van der Waals surface area contributed by atoms with Crippen LogP contribution >= 0.6 is 0 Å². The Hall–Kier alpha value is -2.91. The van der Waals surface area contributed by atoms with Gasteiger partial charge in [-0.05, 0) is 55.2 Å². The number of nitrogens with one attached hydrogen (secondary N) is 2. The second-order valence-corrected chi connectivity index (χ2v) is 10.2. The van der Waals surface area contributed by atoms with E-state index >= 15 is 0 Å². The van der Waals surface area contributed by atoms with Gasteiger partial charge >= 0.3 is 0 Å². The number of rotatable bonds is 7. The minimum absolute atomic E-state index is 0.0781. The molecule has 172 valence electrons. The largest absolute Gasteiger partial charge is 0.371 e. The Morgan fingerprint density at radius 3 is 2.25 bits per heavy atom. The molecule has 0 unspecified atom stereocenters. The lowest BCUT2D eigenvalue weighted by Crippen LogP contribution is -2.32. The van der Waals surface area contributed by atoms with E-state index in [1.807, 2.05) is 0 Å². The SMILES string of the molecule is CNC(=O)Cc1ccc(NC(=O)c2cc(S(=O)(=O)N(C)C)ccc2N2CCCCC2)cc1. The molecule has 2 aromatic rings. The molecule has 1 fully saturated rings. The number of carbonyl (C=O) groups is 2. The van der Waals surface area contributed by atoms with Crippen LogP contribution in [-0.4, -0.2) is 58.8 Å². The van der Waals surface area contributed by atoms with Gasteiger partial charge in [0.05, 0.1) is 16.9 Å². The van der Waals surface area contributed by atoms with Gasteiger partial charge in [-0.2, -0.15) is 0 Å². The normalized spacial score (nSPS) is 14.3. The van der Waals surface area contributed by atoms with Crippen molar-refractivity contribution in [3.63, 3.8) is 0 Å². The highest BCUT2D eigenvalue weighted by molar-refractivity contribution is 7.89. The van der Waals surface area contributed by atoms with Crippen LogP contribution in [0.4, 0.5) is 11.4 Å². The summed E-state index contributed by atoms with van der Waals surface area (Å²) in [5, 5.41) is 5.44. The van der Waals surface area contributed by atoms with Crippen LogP contribution in [-0.2, 0) is 21.2 Å². The van der Waals surface area contributed by atoms with Gasteiger partial charge in [-0.25, -0.2) is 12.7 Å². The zero-order valence-electron chi connectivity index (χ0n) is 18.7. The molecule has 32 heavy (non-hydrogen) atoms. The maximum absolute atomic E-state index is 13.2. The summed E-state index contributed by atoms with van der Waals surface area (Å²) < 4.78 is 26.4. The lowest BCUT2D eigenvalue weighted by atomic mass is 10.1. The lowest BCUT2D eigenvalue weighted by molar-refractivity contribution is -0.119. The smallest absolute Gasteiger partial charge is 0.257 e. The predicted molar refractivity (Wildman–Crippen MR) is 126 cm³/mol. The third-order valence-corrected chi connectivity index (χ3v) is 7.35. The molecule has 2 aromatic carbocycles. The topological polar surface area (TPSA) is 98.8 Å². The maximum atomic E-state index is 13.2. The molecular weight excluding hydrogens is 428 g/mol. The van der Waals surface area contributed by atoms with Crippen LogP contribution in [0.1, 0.15) is 35.2 Å². The van der Waals surface area contributed by atoms with Crippen LogP contribution in [0, 0.1) is 0 Å². The van der Waals surface area contributed by atoms with Gasteiger partial charge < -0.3 is 15.5 Å². The standard InChI is InChI=1S/C23H30N4O4S/c1-24-22(28)15-17-7-9-18(10-8-17)25-23(29)20-16-19(32(30,31)26(2)3)11-12-21(20)27-13-5-4-6-14-27/h7-12,16H,4-6,13-15H2,1-3H3,(H,24,28)(H,25,29). The van der Waals surface area contributed by atoms with Gasteiger partial charge in [-0.1, -0.05) is 12.1 Å². The first kappa shape index (κ1) is 23.7. The van der Waals surface area contributed by atoms with Gasteiger partial charge in [0.1, 0.15) is 0 Å². The zero-order chi connectivity index (χ0) is 23.3. The molecule has 2 amide bonds. The molecule has 0 bridgehead atoms. The molecule has 1 aliphatic rings. The van der Waals surface area contributed by atoms with E-state index in [-0.39, 0.29) is 23.1 Å². The van der Waals surface area contributed by atoms with E-state index < -0.39 is 10.0 Å². The Morgan fingerprint density at radius 2 is 1.66 bits per heavy atom. The van der Waals surface area contributed by atoms with Gasteiger partial charge in [-0.15, -0.1) is 0 Å². The first-order chi connectivity index (χ1) is 15.2. The van der Waals surface area contributed by atoms with Gasteiger partial charge in [0, 0.05) is 45.6 Å². The number of likely N-dealkylation sites (N-methyl/N-ethyl adjacent to an activating group) is 1. The summed E-state index contributed by atoms with van der Waals surface area (Å²) in [7, 11) is 0.841. The molecule has 9 heteroatoms. The molecular formula is C23H30N4O4S.